The number of rotatable bonds is 4. The van der Waals surface area contributed by atoms with Crippen LogP contribution in [0.3, 0.4) is 0 Å². The summed E-state index contributed by atoms with van der Waals surface area (Å²) in [6.07, 6.45) is 5.96. The Kier molecular flexibility index (Phi) is 6.65. The molecular weight excluding hydrogens is 326 g/mol. The van der Waals surface area contributed by atoms with Gasteiger partial charge >= 0.3 is 0 Å². The molecule has 1 aromatic rings. The van der Waals surface area contributed by atoms with Crippen LogP contribution in [0.15, 0.2) is 18.2 Å². The summed E-state index contributed by atoms with van der Waals surface area (Å²) in [7, 11) is 0. The zero-order chi connectivity index (χ0) is 17.5. The first-order valence-electron chi connectivity index (χ1n) is 7.99. The van der Waals surface area contributed by atoms with Gasteiger partial charge in [-0.15, -0.1) is 6.42 Å². The van der Waals surface area contributed by atoms with Gasteiger partial charge in [-0.3, -0.25) is 14.5 Å². The van der Waals surface area contributed by atoms with Crippen LogP contribution in [0.1, 0.15) is 22.3 Å². The van der Waals surface area contributed by atoms with Crippen molar-refractivity contribution in [1.29, 1.82) is 0 Å². The second-order valence-corrected chi connectivity index (χ2v) is 6.27. The highest BCUT2D eigenvalue weighted by Gasteiger charge is 2.21. The Hall–Kier alpha value is -2.03. The number of halogens is 1. The molecule has 1 aliphatic heterocycles. The maximum absolute atomic E-state index is 12.6. The van der Waals surface area contributed by atoms with E-state index in [9.17, 15) is 9.59 Å². The first-order chi connectivity index (χ1) is 11.5. The van der Waals surface area contributed by atoms with Gasteiger partial charge < -0.3 is 10.2 Å². The molecular formula is C18H22ClN3O2. The Morgan fingerprint density at radius 3 is 2.79 bits per heavy atom. The number of hydrogen-bond donors (Lipinski definition) is 1. The van der Waals surface area contributed by atoms with E-state index in [1.54, 1.807) is 12.1 Å². The number of carbonyl (C=O) groups excluding carboxylic acids is 2. The highest BCUT2D eigenvalue weighted by atomic mass is 35.5. The highest BCUT2D eigenvalue weighted by Crippen LogP contribution is 2.18. The van der Waals surface area contributed by atoms with Crippen molar-refractivity contribution in [2.45, 2.75) is 13.3 Å². The van der Waals surface area contributed by atoms with Gasteiger partial charge in [0, 0.05) is 36.8 Å². The van der Waals surface area contributed by atoms with E-state index in [1.165, 1.54) is 0 Å². The van der Waals surface area contributed by atoms with Gasteiger partial charge in [0.15, 0.2) is 0 Å². The molecule has 0 aromatic heterocycles. The first kappa shape index (κ1) is 18.3. The molecule has 24 heavy (non-hydrogen) atoms. The number of carbonyl (C=O) groups is 2. The van der Waals surface area contributed by atoms with Crippen molar-refractivity contribution in [1.82, 2.24) is 15.1 Å². The van der Waals surface area contributed by atoms with E-state index in [1.807, 2.05) is 22.8 Å². The van der Waals surface area contributed by atoms with Crippen molar-refractivity contribution in [3.8, 4) is 12.3 Å². The standard InChI is InChI=1S/C18H22ClN3O2/c1-3-7-20-17(23)13-21-8-4-9-22(11-10-21)18(24)15-5-6-16(19)14(2)12-15/h1,5-6,12H,4,7-11,13H2,2H3,(H,20,23). The van der Waals surface area contributed by atoms with Crippen molar-refractivity contribution in [3.05, 3.63) is 34.3 Å². The van der Waals surface area contributed by atoms with Gasteiger partial charge in [-0.2, -0.15) is 0 Å². The molecule has 1 saturated heterocycles. The zero-order valence-corrected chi connectivity index (χ0v) is 14.6. The number of hydrogen-bond acceptors (Lipinski definition) is 3. The minimum absolute atomic E-state index is 0.00778. The third kappa shape index (κ3) is 4.98. The smallest absolute Gasteiger partial charge is 0.253 e. The molecule has 2 amide bonds. The maximum atomic E-state index is 12.6. The quantitative estimate of drug-likeness (QED) is 0.841. The minimum atomic E-state index is -0.0824. The van der Waals surface area contributed by atoms with E-state index in [0.29, 0.717) is 36.8 Å². The molecule has 5 nitrogen and oxygen atoms in total. The van der Waals surface area contributed by atoms with Crippen molar-refractivity contribution in [2.75, 3.05) is 39.3 Å². The molecule has 2 rings (SSSR count). The summed E-state index contributed by atoms with van der Waals surface area (Å²) in [5.41, 5.74) is 1.54. The zero-order valence-electron chi connectivity index (χ0n) is 13.8. The molecule has 6 heteroatoms. The van der Waals surface area contributed by atoms with E-state index in [-0.39, 0.29) is 18.4 Å². The van der Waals surface area contributed by atoms with E-state index in [2.05, 4.69) is 11.2 Å². The third-order valence-electron chi connectivity index (χ3n) is 4.04. The topological polar surface area (TPSA) is 52.7 Å². The Morgan fingerprint density at radius 1 is 1.29 bits per heavy atom. The number of benzene rings is 1. The molecule has 0 atom stereocenters. The van der Waals surface area contributed by atoms with Gasteiger partial charge in [0.05, 0.1) is 13.1 Å². The average molecular weight is 348 g/mol. The number of nitrogens with one attached hydrogen (secondary N) is 1. The minimum Gasteiger partial charge on any atom is -0.344 e. The maximum Gasteiger partial charge on any atom is 0.253 e. The average Bonchev–Trinajstić information content (AvgIpc) is 2.80. The molecule has 0 unspecified atom stereocenters. The molecule has 1 heterocycles. The molecule has 1 fully saturated rings. The van der Waals surface area contributed by atoms with Crippen molar-refractivity contribution < 1.29 is 9.59 Å². The lowest BCUT2D eigenvalue weighted by Gasteiger charge is -2.22. The normalized spacial score (nSPS) is 15.5. The van der Waals surface area contributed by atoms with Crippen LogP contribution < -0.4 is 5.32 Å². The Balaban J connectivity index is 1.92. The van der Waals surface area contributed by atoms with Crippen LogP contribution in [0.25, 0.3) is 0 Å². The molecule has 0 spiro atoms. The van der Waals surface area contributed by atoms with Crippen LogP contribution in [0.5, 0.6) is 0 Å². The summed E-state index contributed by atoms with van der Waals surface area (Å²) in [5.74, 6) is 2.31. The Bertz CT molecular complexity index is 654. The SMILES string of the molecule is C#CCNC(=O)CN1CCCN(C(=O)c2ccc(Cl)c(C)c2)CC1. The predicted octanol–water partition coefficient (Wildman–Crippen LogP) is 1.55. The highest BCUT2D eigenvalue weighted by molar-refractivity contribution is 6.31. The fourth-order valence-electron chi connectivity index (χ4n) is 2.70. The third-order valence-corrected chi connectivity index (χ3v) is 4.46. The van der Waals surface area contributed by atoms with Crippen molar-refractivity contribution in [2.24, 2.45) is 0 Å². The molecule has 0 bridgehead atoms. The lowest BCUT2D eigenvalue weighted by molar-refractivity contribution is -0.121. The summed E-state index contributed by atoms with van der Waals surface area (Å²) < 4.78 is 0. The molecule has 0 aliphatic carbocycles. The van der Waals surface area contributed by atoms with Crippen LogP contribution in [-0.2, 0) is 4.79 Å². The lowest BCUT2D eigenvalue weighted by atomic mass is 10.1. The van der Waals surface area contributed by atoms with Crippen LogP contribution in [0.4, 0.5) is 0 Å². The van der Waals surface area contributed by atoms with Gasteiger partial charge in [0.25, 0.3) is 5.91 Å². The van der Waals surface area contributed by atoms with Crippen LogP contribution in [0, 0.1) is 19.3 Å². The summed E-state index contributed by atoms with van der Waals surface area (Å²) >= 11 is 6.02. The first-order valence-corrected chi connectivity index (χ1v) is 8.37. The predicted molar refractivity (Wildman–Crippen MR) is 95.0 cm³/mol. The molecule has 0 saturated carbocycles. The van der Waals surface area contributed by atoms with Gasteiger partial charge in [-0.25, -0.2) is 0 Å². The summed E-state index contributed by atoms with van der Waals surface area (Å²) in [6.45, 7) is 5.18. The van der Waals surface area contributed by atoms with Crippen molar-refractivity contribution >= 4 is 23.4 Å². The van der Waals surface area contributed by atoms with Crippen LogP contribution in [0.2, 0.25) is 5.02 Å². The number of amides is 2. The Labute approximate surface area is 147 Å². The van der Waals surface area contributed by atoms with Crippen LogP contribution in [-0.4, -0.2) is 60.9 Å². The fourth-order valence-corrected chi connectivity index (χ4v) is 2.82. The number of nitrogens with zero attached hydrogens (tertiary/aromatic N) is 2. The van der Waals surface area contributed by atoms with Gasteiger partial charge in [-0.1, -0.05) is 17.5 Å². The number of terminal acetylenes is 1. The van der Waals surface area contributed by atoms with Gasteiger partial charge in [0.2, 0.25) is 5.91 Å². The van der Waals surface area contributed by atoms with Crippen LogP contribution >= 0.6 is 11.6 Å². The van der Waals surface area contributed by atoms with E-state index in [0.717, 1.165) is 18.5 Å². The molecule has 1 N–H and O–H groups in total. The van der Waals surface area contributed by atoms with E-state index >= 15 is 0 Å². The molecule has 0 radical (unpaired) electrons. The monoisotopic (exact) mass is 347 g/mol. The number of aryl methyl sites for hydroxylation is 1. The molecule has 1 aromatic carbocycles. The van der Waals surface area contributed by atoms with Crippen molar-refractivity contribution in [3.63, 3.8) is 0 Å². The molecule has 1 aliphatic rings. The summed E-state index contributed by atoms with van der Waals surface area (Å²) in [5, 5.41) is 3.32. The largest absolute Gasteiger partial charge is 0.344 e. The second kappa shape index (κ2) is 8.72. The lowest BCUT2D eigenvalue weighted by Crippen LogP contribution is -2.40. The summed E-state index contributed by atoms with van der Waals surface area (Å²) in [6, 6.07) is 5.33. The summed E-state index contributed by atoms with van der Waals surface area (Å²) in [4.78, 5) is 28.3. The Morgan fingerprint density at radius 2 is 2.08 bits per heavy atom. The second-order valence-electron chi connectivity index (χ2n) is 5.87. The van der Waals surface area contributed by atoms with Gasteiger partial charge in [-0.05, 0) is 37.1 Å². The molecule has 128 valence electrons. The van der Waals surface area contributed by atoms with Gasteiger partial charge in [0.1, 0.15) is 0 Å². The van der Waals surface area contributed by atoms with E-state index < -0.39 is 0 Å². The van der Waals surface area contributed by atoms with E-state index in [4.69, 9.17) is 18.0 Å². The fraction of sp³-hybridized carbons (Fsp3) is 0.444.